The summed E-state index contributed by atoms with van der Waals surface area (Å²) in [6.45, 7) is 2.53. The number of ether oxygens (including phenoxy) is 1. The highest BCUT2D eigenvalue weighted by atomic mass is 16.5. The molecule has 0 aliphatic carbocycles. The maximum absolute atomic E-state index is 12.3. The first-order valence-corrected chi connectivity index (χ1v) is 11.7. The number of amides is 1. The fraction of sp³-hybridized carbons (Fsp3) is 0.269. The number of anilines is 2. The Hall–Kier alpha value is -3.99. The van der Waals surface area contributed by atoms with Crippen molar-refractivity contribution < 1.29 is 19.7 Å². The van der Waals surface area contributed by atoms with Gasteiger partial charge in [-0.1, -0.05) is 19.1 Å². The zero-order valence-electron chi connectivity index (χ0n) is 20.2. The maximum Gasteiger partial charge on any atom is 0.252 e. The number of aliphatic hydroxyl groups is 2. The van der Waals surface area contributed by atoms with Crippen molar-refractivity contribution in [3.8, 4) is 17.1 Å². The molecule has 0 fully saturated rings. The van der Waals surface area contributed by atoms with Crippen LogP contribution in [-0.4, -0.2) is 57.4 Å². The molecule has 1 amide bonds. The van der Waals surface area contributed by atoms with Crippen molar-refractivity contribution in [2.45, 2.75) is 26.0 Å². The van der Waals surface area contributed by atoms with E-state index >= 15 is 0 Å². The van der Waals surface area contributed by atoms with Gasteiger partial charge in [0.1, 0.15) is 17.1 Å². The molecule has 4 rings (SSSR count). The molecule has 2 aromatic heterocycles. The molecule has 36 heavy (non-hydrogen) atoms. The topological polar surface area (TPSA) is 158 Å². The summed E-state index contributed by atoms with van der Waals surface area (Å²) in [5.41, 5.74) is 11.2. The van der Waals surface area contributed by atoms with Crippen molar-refractivity contribution in [3.05, 3.63) is 65.4 Å². The van der Waals surface area contributed by atoms with Crippen LogP contribution in [0.5, 0.6) is 5.75 Å². The number of imidazole rings is 1. The Morgan fingerprint density at radius 2 is 2.00 bits per heavy atom. The van der Waals surface area contributed by atoms with Gasteiger partial charge in [0, 0.05) is 30.5 Å². The number of hydrogen-bond donors (Lipinski definition) is 6. The van der Waals surface area contributed by atoms with Gasteiger partial charge in [0.25, 0.3) is 5.91 Å². The Balaban J connectivity index is 1.72. The van der Waals surface area contributed by atoms with E-state index in [0.717, 1.165) is 34.5 Å². The summed E-state index contributed by atoms with van der Waals surface area (Å²) in [7, 11) is 1.61. The van der Waals surface area contributed by atoms with Crippen LogP contribution in [0.3, 0.4) is 0 Å². The van der Waals surface area contributed by atoms with Crippen LogP contribution < -0.4 is 21.1 Å². The van der Waals surface area contributed by atoms with Crippen LogP contribution in [0.2, 0.25) is 0 Å². The molecule has 0 radical (unpaired) electrons. The molecule has 0 bridgehead atoms. The molecule has 1 atom stereocenters. The monoisotopic (exact) mass is 490 g/mol. The molecule has 2 aromatic carbocycles. The molecular weight excluding hydrogens is 460 g/mol. The Morgan fingerprint density at radius 3 is 2.67 bits per heavy atom. The SMILES string of the molecule is CCc1c(CNCC(O)CO)cccc1Nc1c(C(N)=O)cnc2nc(-c3ccc(OC)cc3)[nH]c12. The van der Waals surface area contributed by atoms with E-state index in [-0.39, 0.29) is 18.7 Å². The van der Waals surface area contributed by atoms with Crippen LogP contribution in [-0.2, 0) is 13.0 Å². The van der Waals surface area contributed by atoms with E-state index in [4.69, 9.17) is 15.6 Å². The number of methoxy groups -OCH3 is 1. The van der Waals surface area contributed by atoms with Gasteiger partial charge in [0.15, 0.2) is 5.65 Å². The smallest absolute Gasteiger partial charge is 0.252 e. The van der Waals surface area contributed by atoms with Gasteiger partial charge in [-0.3, -0.25) is 4.79 Å². The van der Waals surface area contributed by atoms with Gasteiger partial charge >= 0.3 is 0 Å². The average molecular weight is 491 g/mol. The first kappa shape index (κ1) is 25.1. The van der Waals surface area contributed by atoms with E-state index in [0.29, 0.717) is 29.2 Å². The third-order valence-electron chi connectivity index (χ3n) is 5.94. The van der Waals surface area contributed by atoms with Crippen LogP contribution in [0.25, 0.3) is 22.6 Å². The third-order valence-corrected chi connectivity index (χ3v) is 5.94. The van der Waals surface area contributed by atoms with Gasteiger partial charge in [0.05, 0.1) is 31.1 Å². The lowest BCUT2D eigenvalue weighted by Gasteiger charge is -2.18. The van der Waals surface area contributed by atoms with Gasteiger partial charge in [-0.25, -0.2) is 9.97 Å². The molecule has 2 heterocycles. The number of nitrogens with zero attached hydrogens (tertiary/aromatic N) is 2. The zero-order valence-corrected chi connectivity index (χ0v) is 20.2. The normalized spacial score (nSPS) is 12.0. The number of fused-ring (bicyclic) bond motifs is 1. The molecule has 0 saturated carbocycles. The lowest BCUT2D eigenvalue weighted by atomic mass is 10.0. The highest BCUT2D eigenvalue weighted by molar-refractivity contribution is 6.06. The number of aromatic amines is 1. The number of pyridine rings is 1. The van der Waals surface area contributed by atoms with Gasteiger partial charge in [-0.05, 0) is 47.9 Å². The van der Waals surface area contributed by atoms with Crippen LogP contribution in [0.4, 0.5) is 11.4 Å². The first-order valence-electron chi connectivity index (χ1n) is 11.7. The summed E-state index contributed by atoms with van der Waals surface area (Å²) < 4.78 is 5.23. The number of nitrogens with one attached hydrogen (secondary N) is 3. The molecule has 0 aliphatic rings. The lowest BCUT2D eigenvalue weighted by molar-refractivity contribution is 0.0942. The third kappa shape index (κ3) is 5.30. The molecule has 0 aliphatic heterocycles. The zero-order chi connectivity index (χ0) is 25.7. The minimum atomic E-state index is -0.820. The molecule has 10 nitrogen and oxygen atoms in total. The number of rotatable bonds is 11. The molecule has 4 aromatic rings. The molecular formula is C26H30N6O4. The number of carbonyl (C=O) groups is 1. The summed E-state index contributed by atoms with van der Waals surface area (Å²) in [6, 6.07) is 13.3. The lowest BCUT2D eigenvalue weighted by Crippen LogP contribution is -2.29. The second-order valence-electron chi connectivity index (χ2n) is 8.31. The number of H-pyrrole nitrogens is 1. The number of primary amides is 1. The van der Waals surface area contributed by atoms with Crippen LogP contribution in [0, 0.1) is 0 Å². The van der Waals surface area contributed by atoms with Crippen molar-refractivity contribution in [1.82, 2.24) is 20.3 Å². The first-order chi connectivity index (χ1) is 17.4. The number of nitrogens with two attached hydrogens (primary N) is 1. The highest BCUT2D eigenvalue weighted by Gasteiger charge is 2.19. The minimum Gasteiger partial charge on any atom is -0.497 e. The predicted molar refractivity (Wildman–Crippen MR) is 138 cm³/mol. The predicted octanol–water partition coefficient (Wildman–Crippen LogP) is 2.48. The Labute approximate surface area is 208 Å². The summed E-state index contributed by atoms with van der Waals surface area (Å²) in [5.74, 6) is 0.723. The molecule has 188 valence electrons. The number of aromatic nitrogens is 3. The maximum atomic E-state index is 12.3. The van der Waals surface area contributed by atoms with E-state index in [1.165, 1.54) is 6.20 Å². The van der Waals surface area contributed by atoms with Crippen molar-refractivity contribution in [3.63, 3.8) is 0 Å². The van der Waals surface area contributed by atoms with Gasteiger partial charge in [-0.15, -0.1) is 0 Å². The van der Waals surface area contributed by atoms with E-state index in [2.05, 4.69) is 25.6 Å². The van der Waals surface area contributed by atoms with Gasteiger partial charge in [-0.2, -0.15) is 0 Å². The highest BCUT2D eigenvalue weighted by Crippen LogP contribution is 2.32. The summed E-state index contributed by atoms with van der Waals surface area (Å²) in [4.78, 5) is 24.5. The fourth-order valence-corrected chi connectivity index (χ4v) is 4.07. The molecule has 7 N–H and O–H groups in total. The fourth-order valence-electron chi connectivity index (χ4n) is 4.07. The Bertz CT molecular complexity index is 1350. The molecule has 0 spiro atoms. The standard InChI is InChI=1S/C26H30N6O4/c1-3-19-16(11-28-12-17(34)14-33)5-4-6-21(19)30-22-20(24(27)35)13-29-26-23(22)31-25(32-26)15-7-9-18(36-2)10-8-15/h4-10,13,17,28,33-34H,3,11-12,14H2,1-2H3,(H2,27,35)(H2,29,30,31,32). The van der Waals surface area contributed by atoms with E-state index in [1.807, 2.05) is 49.4 Å². The molecule has 1 unspecified atom stereocenters. The van der Waals surface area contributed by atoms with Crippen molar-refractivity contribution >= 4 is 28.4 Å². The number of aliphatic hydroxyl groups excluding tert-OH is 2. The van der Waals surface area contributed by atoms with Gasteiger partial charge < -0.3 is 36.3 Å². The average Bonchev–Trinajstić information content (AvgIpc) is 3.33. The van der Waals surface area contributed by atoms with Crippen LogP contribution >= 0.6 is 0 Å². The van der Waals surface area contributed by atoms with Crippen molar-refractivity contribution in [2.24, 2.45) is 5.73 Å². The van der Waals surface area contributed by atoms with Gasteiger partial charge in [0.2, 0.25) is 0 Å². The summed E-state index contributed by atoms with van der Waals surface area (Å²) >= 11 is 0. The van der Waals surface area contributed by atoms with Crippen LogP contribution in [0.1, 0.15) is 28.4 Å². The van der Waals surface area contributed by atoms with Crippen molar-refractivity contribution in [2.75, 3.05) is 25.6 Å². The number of hydrogen-bond acceptors (Lipinski definition) is 8. The van der Waals surface area contributed by atoms with E-state index in [1.54, 1.807) is 7.11 Å². The summed E-state index contributed by atoms with van der Waals surface area (Å²) in [6.07, 6.45) is 1.34. The number of benzene rings is 2. The minimum absolute atomic E-state index is 0.240. The second-order valence-corrected chi connectivity index (χ2v) is 8.31. The van der Waals surface area contributed by atoms with E-state index < -0.39 is 12.0 Å². The Kier molecular flexibility index (Phi) is 7.79. The van der Waals surface area contributed by atoms with E-state index in [9.17, 15) is 9.90 Å². The Morgan fingerprint density at radius 1 is 1.22 bits per heavy atom. The second kappa shape index (κ2) is 11.2. The molecule has 0 saturated heterocycles. The quantitative estimate of drug-likeness (QED) is 0.187. The largest absolute Gasteiger partial charge is 0.497 e. The number of carbonyl (C=O) groups excluding carboxylic acids is 1. The van der Waals surface area contributed by atoms with Crippen molar-refractivity contribution in [1.29, 1.82) is 0 Å². The van der Waals surface area contributed by atoms with Crippen LogP contribution in [0.15, 0.2) is 48.7 Å². The summed E-state index contributed by atoms with van der Waals surface area (Å²) in [5, 5.41) is 25.2. The molecule has 10 heteroatoms.